The summed E-state index contributed by atoms with van der Waals surface area (Å²) in [7, 11) is 0. The van der Waals surface area contributed by atoms with Crippen molar-refractivity contribution in [2.24, 2.45) is 0 Å². The number of carbonyl (C=O) groups is 1. The van der Waals surface area contributed by atoms with E-state index < -0.39 is 23.8 Å². The second-order valence-corrected chi connectivity index (χ2v) is 4.75. The molecule has 96 valence electrons. The molecule has 0 radical (unpaired) electrons. The Morgan fingerprint density at radius 3 is 2.71 bits per heavy atom. The molecule has 0 aliphatic heterocycles. The van der Waals surface area contributed by atoms with E-state index in [1.165, 1.54) is 12.5 Å². The van der Waals surface area contributed by atoms with Crippen LogP contribution in [0.4, 0.5) is 4.79 Å². The predicted octanol–water partition coefficient (Wildman–Crippen LogP) is 1.62. The second-order valence-electron chi connectivity index (χ2n) is 4.75. The highest BCUT2D eigenvalue weighted by Crippen LogP contribution is 2.15. The lowest BCUT2D eigenvalue weighted by molar-refractivity contribution is 0.0408. The molecule has 0 saturated heterocycles. The van der Waals surface area contributed by atoms with Gasteiger partial charge in [-0.3, -0.25) is 0 Å². The fourth-order valence-electron chi connectivity index (χ4n) is 1.17. The number of alkyl carbamates (subject to hydrolysis) is 1. The minimum Gasteiger partial charge on any atom is -0.446 e. The summed E-state index contributed by atoms with van der Waals surface area (Å²) in [5, 5.41) is 12.3. The number of nitrogens with one attached hydrogen (secondary N) is 1. The Morgan fingerprint density at radius 2 is 2.24 bits per heavy atom. The third kappa shape index (κ3) is 4.44. The van der Waals surface area contributed by atoms with E-state index in [-0.39, 0.29) is 5.89 Å². The number of amides is 1. The minimum absolute atomic E-state index is 0.161. The average Bonchev–Trinajstić information content (AvgIpc) is 2.65. The molecule has 0 unspecified atom stereocenters. The highest BCUT2D eigenvalue weighted by molar-refractivity contribution is 5.68. The van der Waals surface area contributed by atoms with E-state index in [9.17, 15) is 9.90 Å². The molecular weight excluding hydrogens is 224 g/mol. The number of hydrogen-bond acceptors (Lipinski definition) is 5. The van der Waals surface area contributed by atoms with Gasteiger partial charge in [0.25, 0.3) is 0 Å². The van der Waals surface area contributed by atoms with E-state index in [4.69, 9.17) is 9.15 Å². The number of carbonyl (C=O) groups excluding carboxylic acids is 1. The lowest BCUT2D eigenvalue weighted by atomic mass is 10.2. The summed E-state index contributed by atoms with van der Waals surface area (Å²) in [5.74, 6) is 0.161. The Hall–Kier alpha value is -1.56. The highest BCUT2D eigenvalue weighted by atomic mass is 16.6. The van der Waals surface area contributed by atoms with Gasteiger partial charge in [0, 0.05) is 0 Å². The van der Waals surface area contributed by atoms with Crippen molar-refractivity contribution in [2.75, 3.05) is 0 Å². The first-order chi connectivity index (χ1) is 7.79. The molecule has 0 spiro atoms. The molecule has 1 aromatic rings. The lowest BCUT2D eigenvalue weighted by Crippen LogP contribution is -2.40. The summed E-state index contributed by atoms with van der Waals surface area (Å²) in [4.78, 5) is 15.3. The van der Waals surface area contributed by atoms with Crippen molar-refractivity contribution in [2.45, 2.75) is 45.4 Å². The summed E-state index contributed by atoms with van der Waals surface area (Å²) >= 11 is 0. The molecule has 2 atom stereocenters. The molecule has 1 aromatic heterocycles. The molecule has 1 amide bonds. The van der Waals surface area contributed by atoms with Crippen molar-refractivity contribution in [1.29, 1.82) is 0 Å². The van der Waals surface area contributed by atoms with Gasteiger partial charge < -0.3 is 19.6 Å². The van der Waals surface area contributed by atoms with E-state index >= 15 is 0 Å². The van der Waals surface area contributed by atoms with Crippen LogP contribution in [-0.4, -0.2) is 27.8 Å². The molecule has 0 fully saturated rings. The molecule has 0 aromatic carbocycles. The van der Waals surface area contributed by atoms with E-state index in [1.807, 2.05) is 0 Å². The Morgan fingerprint density at radius 1 is 1.59 bits per heavy atom. The molecule has 1 rings (SSSR count). The number of aliphatic hydroxyl groups excluding tert-OH is 1. The summed E-state index contributed by atoms with van der Waals surface area (Å²) in [6, 6.07) is -0.552. The van der Waals surface area contributed by atoms with Crippen LogP contribution in [0.1, 0.15) is 39.7 Å². The number of aromatic nitrogens is 1. The first-order valence-electron chi connectivity index (χ1n) is 5.36. The number of ether oxygens (including phenoxy) is 1. The van der Waals surface area contributed by atoms with E-state index in [2.05, 4.69) is 10.3 Å². The fourth-order valence-corrected chi connectivity index (χ4v) is 1.17. The largest absolute Gasteiger partial charge is 0.446 e. The Balaban J connectivity index is 2.49. The summed E-state index contributed by atoms with van der Waals surface area (Å²) in [5.41, 5.74) is -0.572. The fraction of sp³-hybridized carbons (Fsp3) is 0.636. The van der Waals surface area contributed by atoms with Crippen molar-refractivity contribution in [1.82, 2.24) is 10.3 Å². The van der Waals surface area contributed by atoms with Gasteiger partial charge in [-0.2, -0.15) is 0 Å². The number of aliphatic hydroxyl groups is 1. The van der Waals surface area contributed by atoms with Crippen LogP contribution in [0.5, 0.6) is 0 Å². The monoisotopic (exact) mass is 242 g/mol. The first kappa shape index (κ1) is 13.5. The summed E-state index contributed by atoms with van der Waals surface area (Å²) in [6.45, 7) is 6.93. The zero-order chi connectivity index (χ0) is 13.1. The van der Waals surface area contributed by atoms with Crippen molar-refractivity contribution in [3.05, 3.63) is 18.4 Å². The maximum absolute atomic E-state index is 11.4. The van der Waals surface area contributed by atoms with Crippen LogP contribution in [0.25, 0.3) is 0 Å². The molecule has 0 saturated carbocycles. The van der Waals surface area contributed by atoms with Gasteiger partial charge in [-0.25, -0.2) is 9.78 Å². The number of nitrogens with zero attached hydrogens (tertiary/aromatic N) is 1. The lowest BCUT2D eigenvalue weighted by Gasteiger charge is -2.23. The maximum atomic E-state index is 11.4. The van der Waals surface area contributed by atoms with E-state index in [0.29, 0.717) is 0 Å². The molecule has 6 nitrogen and oxygen atoms in total. The van der Waals surface area contributed by atoms with Crippen molar-refractivity contribution >= 4 is 6.09 Å². The van der Waals surface area contributed by atoms with Crippen LogP contribution in [0.2, 0.25) is 0 Å². The number of oxazole rings is 1. The minimum atomic E-state index is -1.00. The molecular formula is C11H18N2O4. The van der Waals surface area contributed by atoms with E-state index in [0.717, 1.165) is 0 Å². The molecule has 0 aliphatic carbocycles. The van der Waals surface area contributed by atoms with Gasteiger partial charge >= 0.3 is 6.09 Å². The Bertz CT molecular complexity index is 356. The normalized spacial score (nSPS) is 15.1. The maximum Gasteiger partial charge on any atom is 0.407 e. The summed E-state index contributed by atoms with van der Waals surface area (Å²) < 4.78 is 10.0. The average molecular weight is 242 g/mol. The van der Waals surface area contributed by atoms with Crippen LogP contribution < -0.4 is 5.32 Å². The van der Waals surface area contributed by atoms with E-state index in [1.54, 1.807) is 27.7 Å². The Labute approximate surface area is 100.0 Å². The highest BCUT2D eigenvalue weighted by Gasteiger charge is 2.24. The molecule has 0 bridgehead atoms. The van der Waals surface area contributed by atoms with Gasteiger partial charge in [-0.15, -0.1) is 0 Å². The third-order valence-corrected chi connectivity index (χ3v) is 1.92. The molecule has 0 aliphatic rings. The molecule has 2 N–H and O–H groups in total. The molecule has 1 heterocycles. The van der Waals surface area contributed by atoms with Crippen LogP contribution >= 0.6 is 0 Å². The SMILES string of the molecule is C[C@H](NC(=O)OC(C)(C)C)[C@H](O)c1ncco1. The van der Waals surface area contributed by atoms with Crippen molar-refractivity contribution < 1.29 is 19.1 Å². The predicted molar refractivity (Wildman–Crippen MR) is 60.3 cm³/mol. The van der Waals surface area contributed by atoms with Gasteiger partial charge in [0.2, 0.25) is 5.89 Å². The molecule has 17 heavy (non-hydrogen) atoms. The van der Waals surface area contributed by atoms with Gasteiger partial charge in [0.15, 0.2) is 0 Å². The summed E-state index contributed by atoms with van der Waals surface area (Å²) in [6.07, 6.45) is 1.20. The number of rotatable bonds is 3. The standard InChI is InChI=1S/C11H18N2O4/c1-7(8(14)9-12-5-6-16-9)13-10(15)17-11(2,3)4/h5-8,14H,1-4H3,(H,13,15)/t7-,8-/m0/s1. The van der Waals surface area contributed by atoms with Crippen LogP contribution in [-0.2, 0) is 4.74 Å². The second kappa shape index (κ2) is 5.18. The van der Waals surface area contributed by atoms with Crippen LogP contribution in [0.3, 0.4) is 0 Å². The zero-order valence-electron chi connectivity index (χ0n) is 10.4. The van der Waals surface area contributed by atoms with Gasteiger partial charge in [-0.05, 0) is 27.7 Å². The first-order valence-corrected chi connectivity index (χ1v) is 5.36. The van der Waals surface area contributed by atoms with Gasteiger partial charge in [0.05, 0.1) is 12.2 Å². The quantitative estimate of drug-likeness (QED) is 0.841. The molecule has 6 heteroatoms. The van der Waals surface area contributed by atoms with Crippen molar-refractivity contribution in [3.8, 4) is 0 Å². The third-order valence-electron chi connectivity index (χ3n) is 1.92. The zero-order valence-corrected chi connectivity index (χ0v) is 10.4. The van der Waals surface area contributed by atoms with Gasteiger partial charge in [0.1, 0.15) is 18.0 Å². The Kier molecular flexibility index (Phi) is 4.11. The van der Waals surface area contributed by atoms with Crippen LogP contribution in [0, 0.1) is 0 Å². The van der Waals surface area contributed by atoms with Gasteiger partial charge in [-0.1, -0.05) is 0 Å². The number of hydrogen-bond donors (Lipinski definition) is 2. The van der Waals surface area contributed by atoms with Crippen molar-refractivity contribution in [3.63, 3.8) is 0 Å². The smallest absolute Gasteiger partial charge is 0.407 e. The topological polar surface area (TPSA) is 84.6 Å². The van der Waals surface area contributed by atoms with Crippen LogP contribution in [0.15, 0.2) is 16.9 Å².